The van der Waals surface area contributed by atoms with Crippen LogP contribution >= 0.6 is 0 Å². The highest BCUT2D eigenvalue weighted by Crippen LogP contribution is 2.40. The molecule has 0 aliphatic rings. The summed E-state index contributed by atoms with van der Waals surface area (Å²) in [4.78, 5) is 0.159. The van der Waals surface area contributed by atoms with E-state index in [1.807, 2.05) is 30.3 Å². The van der Waals surface area contributed by atoms with E-state index in [1.54, 1.807) is 36.4 Å². The molecular formula is C27H26F2N2O2S. The third kappa shape index (κ3) is 4.66. The normalized spacial score (nSPS) is 12.3. The number of rotatable bonds is 5. The second-order valence-corrected chi connectivity index (χ2v) is 11.3. The van der Waals surface area contributed by atoms with E-state index >= 15 is 0 Å². The predicted octanol–water partition coefficient (Wildman–Crippen LogP) is 6.84. The van der Waals surface area contributed by atoms with Crippen LogP contribution in [0.1, 0.15) is 38.5 Å². The molecule has 0 bridgehead atoms. The Hall–Kier alpha value is -3.32. The Morgan fingerprint density at radius 3 is 1.91 bits per heavy atom. The summed E-state index contributed by atoms with van der Waals surface area (Å²) < 4.78 is 53.9. The summed E-state index contributed by atoms with van der Waals surface area (Å²) in [5, 5.41) is 4.34. The zero-order valence-electron chi connectivity index (χ0n) is 19.5. The first-order valence-electron chi connectivity index (χ1n) is 10.8. The Balaban J connectivity index is 2.00. The van der Waals surface area contributed by atoms with Crippen molar-refractivity contribution in [1.82, 2.24) is 9.78 Å². The number of hydrogen-bond donors (Lipinski definition) is 0. The summed E-state index contributed by atoms with van der Waals surface area (Å²) in [5.74, 6) is 0. The molecule has 0 saturated heterocycles. The monoisotopic (exact) mass is 480 g/mol. The van der Waals surface area contributed by atoms with Crippen LogP contribution in [0.2, 0.25) is 0 Å². The molecule has 34 heavy (non-hydrogen) atoms. The fourth-order valence-corrected chi connectivity index (χ4v) is 4.52. The van der Waals surface area contributed by atoms with Crippen LogP contribution in [0.15, 0.2) is 83.8 Å². The molecule has 0 fully saturated rings. The molecule has 0 N–H and O–H groups in total. The minimum Gasteiger partial charge on any atom is -0.232 e. The van der Waals surface area contributed by atoms with Gasteiger partial charge < -0.3 is 0 Å². The fourth-order valence-electron chi connectivity index (χ4n) is 3.89. The number of benzene rings is 3. The van der Waals surface area contributed by atoms with E-state index in [-0.39, 0.29) is 16.0 Å². The van der Waals surface area contributed by atoms with Crippen LogP contribution < -0.4 is 0 Å². The van der Waals surface area contributed by atoms with Crippen molar-refractivity contribution in [3.8, 4) is 28.1 Å². The molecule has 4 aromatic rings. The highest BCUT2D eigenvalue weighted by molar-refractivity contribution is 7.90. The summed E-state index contributed by atoms with van der Waals surface area (Å²) >= 11 is 0. The molecule has 0 saturated carbocycles. The minimum atomic E-state index is -3.40. The molecule has 0 atom stereocenters. The molecule has 1 aromatic heterocycles. The molecule has 3 aromatic carbocycles. The Bertz CT molecular complexity index is 1400. The van der Waals surface area contributed by atoms with E-state index in [4.69, 9.17) is 0 Å². The molecule has 0 aliphatic carbocycles. The molecular weight excluding hydrogens is 454 g/mol. The largest absolute Gasteiger partial charge is 0.282 e. The molecule has 1 heterocycles. The van der Waals surface area contributed by atoms with Gasteiger partial charge in [-0.1, -0.05) is 75.4 Å². The topological polar surface area (TPSA) is 52.0 Å². The van der Waals surface area contributed by atoms with Crippen molar-refractivity contribution in [2.75, 3.05) is 6.26 Å². The average molecular weight is 481 g/mol. The van der Waals surface area contributed by atoms with Crippen molar-refractivity contribution >= 4 is 9.84 Å². The van der Waals surface area contributed by atoms with Gasteiger partial charge in [-0.05, 0) is 40.8 Å². The van der Waals surface area contributed by atoms with Gasteiger partial charge in [0.25, 0.3) is 6.43 Å². The van der Waals surface area contributed by atoms with Crippen molar-refractivity contribution in [1.29, 1.82) is 0 Å². The summed E-state index contributed by atoms with van der Waals surface area (Å²) in [7, 11) is -3.40. The van der Waals surface area contributed by atoms with Gasteiger partial charge in [0.1, 0.15) is 5.69 Å². The van der Waals surface area contributed by atoms with Gasteiger partial charge in [0, 0.05) is 17.4 Å². The fraction of sp³-hybridized carbons (Fsp3) is 0.222. The highest BCUT2D eigenvalue weighted by atomic mass is 32.2. The van der Waals surface area contributed by atoms with Gasteiger partial charge in [0.15, 0.2) is 9.84 Å². The zero-order valence-corrected chi connectivity index (χ0v) is 20.3. The predicted molar refractivity (Wildman–Crippen MR) is 131 cm³/mol. The first-order valence-corrected chi connectivity index (χ1v) is 12.7. The molecule has 0 amide bonds. The van der Waals surface area contributed by atoms with Crippen molar-refractivity contribution in [3.05, 3.63) is 90.1 Å². The summed E-state index contributed by atoms with van der Waals surface area (Å²) in [5.41, 5.74) is 3.36. The summed E-state index contributed by atoms with van der Waals surface area (Å²) in [6.45, 7) is 6.31. The first kappa shape index (κ1) is 23.8. The Kier molecular flexibility index (Phi) is 6.16. The van der Waals surface area contributed by atoms with E-state index in [2.05, 4.69) is 25.9 Å². The van der Waals surface area contributed by atoms with E-state index in [0.29, 0.717) is 28.1 Å². The lowest BCUT2D eigenvalue weighted by Crippen LogP contribution is -2.11. The van der Waals surface area contributed by atoms with Gasteiger partial charge in [-0.3, -0.25) is 0 Å². The number of nitrogens with zero attached hydrogens (tertiary/aromatic N) is 2. The molecule has 0 radical (unpaired) electrons. The quantitative estimate of drug-likeness (QED) is 0.314. The highest BCUT2D eigenvalue weighted by Gasteiger charge is 2.27. The molecule has 4 nitrogen and oxygen atoms in total. The molecule has 0 unspecified atom stereocenters. The maximum absolute atomic E-state index is 14.2. The second kappa shape index (κ2) is 8.80. The number of sulfone groups is 1. The lowest BCUT2D eigenvalue weighted by atomic mass is 9.87. The number of aromatic nitrogens is 2. The first-order chi connectivity index (χ1) is 16.0. The van der Waals surface area contributed by atoms with Crippen LogP contribution in [-0.4, -0.2) is 24.5 Å². The van der Waals surface area contributed by atoms with Gasteiger partial charge in [0.05, 0.1) is 16.3 Å². The van der Waals surface area contributed by atoms with Crippen LogP contribution in [0.5, 0.6) is 0 Å². The van der Waals surface area contributed by atoms with Crippen molar-refractivity contribution < 1.29 is 17.2 Å². The van der Waals surface area contributed by atoms with Crippen LogP contribution in [-0.2, 0) is 15.3 Å². The summed E-state index contributed by atoms with van der Waals surface area (Å²) in [6.07, 6.45) is -1.66. The Labute approximate surface area is 198 Å². The zero-order chi connectivity index (χ0) is 24.7. The van der Waals surface area contributed by atoms with Gasteiger partial charge in [-0.25, -0.2) is 21.9 Å². The van der Waals surface area contributed by atoms with Crippen LogP contribution in [0.4, 0.5) is 8.78 Å². The van der Waals surface area contributed by atoms with Crippen molar-refractivity contribution in [3.63, 3.8) is 0 Å². The van der Waals surface area contributed by atoms with Crippen LogP contribution in [0.25, 0.3) is 28.1 Å². The maximum atomic E-state index is 14.2. The third-order valence-corrected chi connectivity index (χ3v) is 6.84. The Morgan fingerprint density at radius 2 is 1.41 bits per heavy atom. The Morgan fingerprint density at radius 1 is 0.824 bits per heavy atom. The molecule has 4 rings (SSSR count). The minimum absolute atomic E-state index is 0.0592. The number of alkyl halides is 2. The van der Waals surface area contributed by atoms with E-state index in [1.165, 1.54) is 16.8 Å². The lowest BCUT2D eigenvalue weighted by Gasteiger charge is -2.19. The SMILES string of the molecule is CC(C)(C)c1ccc(-n2nc(C(F)F)c(-c3ccccc3)c2-c2ccc(S(C)(=O)=O)cc2)cc1. The standard InChI is InChI=1S/C27H26F2N2O2S/c1-27(2,3)20-12-14-21(15-13-20)31-25(19-10-16-22(17-11-19)34(4,32)33)23(24(30-31)26(28)29)18-8-6-5-7-9-18/h5-17,26H,1-4H3. The van der Waals surface area contributed by atoms with Crippen molar-refractivity contribution in [2.24, 2.45) is 0 Å². The third-order valence-electron chi connectivity index (χ3n) is 5.72. The van der Waals surface area contributed by atoms with Crippen molar-refractivity contribution in [2.45, 2.75) is 37.5 Å². The van der Waals surface area contributed by atoms with Gasteiger partial charge in [0.2, 0.25) is 0 Å². The average Bonchev–Trinajstić information content (AvgIpc) is 3.20. The van der Waals surface area contributed by atoms with Crippen LogP contribution in [0.3, 0.4) is 0 Å². The van der Waals surface area contributed by atoms with E-state index in [0.717, 1.165) is 11.8 Å². The summed E-state index contributed by atoms with van der Waals surface area (Å²) in [6, 6.07) is 22.9. The molecule has 176 valence electrons. The van der Waals surface area contributed by atoms with Crippen LogP contribution in [0, 0.1) is 0 Å². The smallest absolute Gasteiger partial charge is 0.232 e. The molecule has 0 aliphatic heterocycles. The van der Waals surface area contributed by atoms with Gasteiger partial charge in [-0.2, -0.15) is 5.10 Å². The molecule has 7 heteroatoms. The maximum Gasteiger partial charge on any atom is 0.282 e. The lowest BCUT2D eigenvalue weighted by molar-refractivity contribution is 0.146. The van der Waals surface area contributed by atoms with E-state index < -0.39 is 16.3 Å². The van der Waals surface area contributed by atoms with E-state index in [9.17, 15) is 17.2 Å². The molecule has 0 spiro atoms. The second-order valence-electron chi connectivity index (χ2n) is 9.28. The van der Waals surface area contributed by atoms with Gasteiger partial charge in [-0.15, -0.1) is 0 Å². The number of halogens is 2. The number of hydrogen-bond acceptors (Lipinski definition) is 3. The van der Waals surface area contributed by atoms with Gasteiger partial charge >= 0.3 is 0 Å².